The first-order chi connectivity index (χ1) is 9.45. The zero-order chi connectivity index (χ0) is 14.7. The molecule has 0 aromatic heterocycles. The smallest absolute Gasteiger partial charge is 0.225 e. The lowest BCUT2D eigenvalue weighted by Crippen LogP contribution is -2.51. The third kappa shape index (κ3) is 3.83. The van der Waals surface area contributed by atoms with Gasteiger partial charge in [-0.15, -0.1) is 0 Å². The highest BCUT2D eigenvalue weighted by Crippen LogP contribution is 2.22. The maximum atomic E-state index is 12.2. The zero-order valence-corrected chi connectivity index (χ0v) is 12.8. The Labute approximate surface area is 122 Å². The van der Waals surface area contributed by atoms with Gasteiger partial charge in [0.2, 0.25) is 5.91 Å². The molecular formula is C17H26N2O. The third-order valence-electron chi connectivity index (χ3n) is 4.02. The Morgan fingerprint density at radius 2 is 1.95 bits per heavy atom. The van der Waals surface area contributed by atoms with E-state index in [1.807, 2.05) is 18.7 Å². The highest BCUT2D eigenvalue weighted by molar-refractivity contribution is 5.78. The first-order valence-electron chi connectivity index (χ1n) is 7.55. The molecule has 2 atom stereocenters. The maximum absolute atomic E-state index is 12.2. The number of nitrogens with two attached hydrogens (primary N) is 1. The highest BCUT2D eigenvalue weighted by Gasteiger charge is 2.29. The zero-order valence-electron chi connectivity index (χ0n) is 12.8. The second kappa shape index (κ2) is 6.40. The molecule has 2 N–H and O–H groups in total. The maximum Gasteiger partial charge on any atom is 0.225 e. The van der Waals surface area contributed by atoms with Gasteiger partial charge in [-0.25, -0.2) is 0 Å². The van der Waals surface area contributed by atoms with Gasteiger partial charge in [0.15, 0.2) is 0 Å². The summed E-state index contributed by atoms with van der Waals surface area (Å²) in [7, 11) is 0. The van der Waals surface area contributed by atoms with Crippen LogP contribution in [0.15, 0.2) is 24.3 Å². The van der Waals surface area contributed by atoms with E-state index in [-0.39, 0.29) is 17.9 Å². The molecule has 1 aromatic rings. The minimum Gasteiger partial charge on any atom is -0.341 e. The second-order valence-electron chi connectivity index (χ2n) is 6.45. The number of carbonyl (C=O) groups is 1. The van der Waals surface area contributed by atoms with Crippen LogP contribution in [-0.4, -0.2) is 29.9 Å². The van der Waals surface area contributed by atoms with Crippen LogP contribution in [0.25, 0.3) is 0 Å². The molecule has 110 valence electrons. The van der Waals surface area contributed by atoms with Crippen molar-refractivity contribution in [3.8, 4) is 0 Å². The van der Waals surface area contributed by atoms with E-state index in [4.69, 9.17) is 5.73 Å². The molecular weight excluding hydrogens is 248 g/mol. The van der Waals surface area contributed by atoms with Gasteiger partial charge in [-0.3, -0.25) is 4.79 Å². The van der Waals surface area contributed by atoms with Gasteiger partial charge in [-0.05, 0) is 31.2 Å². The predicted octanol–water partition coefficient (Wildman–Crippen LogP) is 2.37. The summed E-state index contributed by atoms with van der Waals surface area (Å²) in [6.45, 7) is 7.57. The predicted molar refractivity (Wildman–Crippen MR) is 82.4 cm³/mol. The first-order valence-corrected chi connectivity index (χ1v) is 7.55. The average molecular weight is 274 g/mol. The quantitative estimate of drug-likeness (QED) is 0.920. The number of piperidine rings is 1. The Kier molecular flexibility index (Phi) is 4.81. The first kappa shape index (κ1) is 15.0. The molecule has 20 heavy (non-hydrogen) atoms. The van der Waals surface area contributed by atoms with Crippen LogP contribution in [0.5, 0.6) is 0 Å². The van der Waals surface area contributed by atoms with E-state index in [1.165, 1.54) is 11.1 Å². The van der Waals surface area contributed by atoms with E-state index in [0.29, 0.717) is 12.5 Å². The SMILES string of the molecule is Cc1ccc(CC2CC(N)CN(C(=O)C(C)C)C2)cc1. The lowest BCUT2D eigenvalue weighted by atomic mass is 9.88. The summed E-state index contributed by atoms with van der Waals surface area (Å²) >= 11 is 0. The van der Waals surface area contributed by atoms with E-state index in [2.05, 4.69) is 31.2 Å². The monoisotopic (exact) mass is 274 g/mol. The Bertz CT molecular complexity index is 453. The van der Waals surface area contributed by atoms with Crippen LogP contribution in [0.2, 0.25) is 0 Å². The summed E-state index contributed by atoms with van der Waals surface area (Å²) in [5.41, 5.74) is 8.76. The molecule has 1 fully saturated rings. The molecule has 3 heteroatoms. The van der Waals surface area contributed by atoms with Crippen molar-refractivity contribution in [3.05, 3.63) is 35.4 Å². The van der Waals surface area contributed by atoms with Crippen molar-refractivity contribution in [3.63, 3.8) is 0 Å². The van der Waals surface area contributed by atoms with Crippen LogP contribution in [0, 0.1) is 18.8 Å². The van der Waals surface area contributed by atoms with Crippen LogP contribution in [0.1, 0.15) is 31.4 Å². The molecule has 2 rings (SSSR count). The minimum atomic E-state index is 0.0559. The van der Waals surface area contributed by atoms with Gasteiger partial charge in [0.05, 0.1) is 0 Å². The van der Waals surface area contributed by atoms with Crippen molar-refractivity contribution in [1.82, 2.24) is 4.90 Å². The number of benzene rings is 1. The van der Waals surface area contributed by atoms with Crippen LogP contribution < -0.4 is 5.73 Å². The summed E-state index contributed by atoms with van der Waals surface area (Å²) in [6.07, 6.45) is 2.02. The van der Waals surface area contributed by atoms with Gasteiger partial charge < -0.3 is 10.6 Å². The van der Waals surface area contributed by atoms with Gasteiger partial charge in [0.1, 0.15) is 0 Å². The summed E-state index contributed by atoms with van der Waals surface area (Å²) in [4.78, 5) is 14.1. The van der Waals surface area contributed by atoms with E-state index < -0.39 is 0 Å². The van der Waals surface area contributed by atoms with Crippen molar-refractivity contribution in [2.24, 2.45) is 17.6 Å². The van der Waals surface area contributed by atoms with Gasteiger partial charge in [0.25, 0.3) is 0 Å². The summed E-state index contributed by atoms with van der Waals surface area (Å²) in [6, 6.07) is 8.78. The molecule has 1 heterocycles. The van der Waals surface area contributed by atoms with E-state index in [0.717, 1.165) is 19.4 Å². The van der Waals surface area contributed by atoms with Crippen LogP contribution >= 0.6 is 0 Å². The average Bonchev–Trinajstić information content (AvgIpc) is 2.40. The lowest BCUT2D eigenvalue weighted by Gasteiger charge is -2.37. The van der Waals surface area contributed by atoms with Crippen molar-refractivity contribution < 1.29 is 4.79 Å². The van der Waals surface area contributed by atoms with E-state index in [9.17, 15) is 4.79 Å². The second-order valence-corrected chi connectivity index (χ2v) is 6.45. The summed E-state index contributed by atoms with van der Waals surface area (Å²) in [5, 5.41) is 0. The number of amides is 1. The molecule has 0 aliphatic carbocycles. The minimum absolute atomic E-state index is 0.0559. The van der Waals surface area contributed by atoms with Gasteiger partial charge in [-0.2, -0.15) is 0 Å². The molecule has 1 aliphatic rings. The number of hydrogen-bond acceptors (Lipinski definition) is 2. The number of nitrogens with zero attached hydrogens (tertiary/aromatic N) is 1. The van der Waals surface area contributed by atoms with Crippen molar-refractivity contribution in [1.29, 1.82) is 0 Å². The van der Waals surface area contributed by atoms with Crippen molar-refractivity contribution in [2.75, 3.05) is 13.1 Å². The normalized spacial score (nSPS) is 23.1. The fourth-order valence-corrected chi connectivity index (χ4v) is 3.00. The summed E-state index contributed by atoms with van der Waals surface area (Å²) in [5.74, 6) is 0.763. The standard InChI is InChI=1S/C17H26N2O/c1-12(2)17(20)19-10-15(9-16(18)11-19)8-14-6-4-13(3)5-7-14/h4-7,12,15-16H,8-11,18H2,1-3H3. The number of likely N-dealkylation sites (tertiary alicyclic amines) is 1. The van der Waals surface area contributed by atoms with Gasteiger partial charge in [-0.1, -0.05) is 43.7 Å². The molecule has 3 nitrogen and oxygen atoms in total. The molecule has 0 radical (unpaired) electrons. The van der Waals surface area contributed by atoms with E-state index >= 15 is 0 Å². The number of hydrogen-bond donors (Lipinski definition) is 1. The fourth-order valence-electron chi connectivity index (χ4n) is 3.00. The molecule has 1 aliphatic heterocycles. The Balaban J connectivity index is 2.01. The fraction of sp³-hybridized carbons (Fsp3) is 0.588. The van der Waals surface area contributed by atoms with Crippen LogP contribution in [0.3, 0.4) is 0 Å². The molecule has 0 bridgehead atoms. The van der Waals surface area contributed by atoms with Gasteiger partial charge in [0, 0.05) is 25.0 Å². The Hall–Kier alpha value is -1.35. The van der Waals surface area contributed by atoms with E-state index in [1.54, 1.807) is 0 Å². The van der Waals surface area contributed by atoms with Crippen LogP contribution in [-0.2, 0) is 11.2 Å². The topological polar surface area (TPSA) is 46.3 Å². The molecule has 0 spiro atoms. The number of aryl methyl sites for hydroxylation is 1. The number of carbonyl (C=O) groups excluding carboxylic acids is 1. The molecule has 1 aromatic carbocycles. The largest absolute Gasteiger partial charge is 0.341 e. The molecule has 1 amide bonds. The highest BCUT2D eigenvalue weighted by atomic mass is 16.2. The van der Waals surface area contributed by atoms with Crippen LogP contribution in [0.4, 0.5) is 0 Å². The summed E-state index contributed by atoms with van der Waals surface area (Å²) < 4.78 is 0. The lowest BCUT2D eigenvalue weighted by molar-refractivity contribution is -0.136. The molecule has 0 saturated carbocycles. The Morgan fingerprint density at radius 3 is 2.55 bits per heavy atom. The molecule has 2 unspecified atom stereocenters. The molecule has 1 saturated heterocycles. The van der Waals surface area contributed by atoms with Crippen molar-refractivity contribution >= 4 is 5.91 Å². The Morgan fingerprint density at radius 1 is 1.30 bits per heavy atom. The van der Waals surface area contributed by atoms with Gasteiger partial charge >= 0.3 is 0 Å². The third-order valence-corrected chi connectivity index (χ3v) is 4.02. The van der Waals surface area contributed by atoms with Crippen molar-refractivity contribution in [2.45, 2.75) is 39.7 Å². The number of rotatable bonds is 3.